The van der Waals surface area contributed by atoms with E-state index in [2.05, 4.69) is 4.99 Å². The van der Waals surface area contributed by atoms with Crippen LogP contribution in [0.3, 0.4) is 0 Å². The molecule has 5 heteroatoms. The Bertz CT molecular complexity index is 1290. The molecule has 0 fully saturated rings. The highest BCUT2D eigenvalue weighted by Crippen LogP contribution is 2.20. The van der Waals surface area contributed by atoms with Crippen LogP contribution in [0.25, 0.3) is 16.1 Å². The molecule has 0 saturated heterocycles. The summed E-state index contributed by atoms with van der Waals surface area (Å²) in [7, 11) is 0. The predicted octanol–water partition coefficient (Wildman–Crippen LogP) is 4.62. The second-order valence-corrected chi connectivity index (χ2v) is 7.51. The first kappa shape index (κ1) is 18.8. The van der Waals surface area contributed by atoms with Gasteiger partial charge in [-0.1, -0.05) is 78.1 Å². The highest BCUT2D eigenvalue weighted by Gasteiger charge is 2.12. The van der Waals surface area contributed by atoms with Gasteiger partial charge in [-0.3, -0.25) is 14.2 Å². The van der Waals surface area contributed by atoms with Crippen molar-refractivity contribution in [3.8, 4) is 16.1 Å². The van der Waals surface area contributed by atoms with Crippen LogP contribution in [0.5, 0.6) is 0 Å². The topological polar surface area (TPSA) is 51.4 Å². The number of carbonyl (C=O) groups is 1. The summed E-state index contributed by atoms with van der Waals surface area (Å²) >= 11 is 1.32. The molecule has 0 spiro atoms. The number of rotatable bonds is 3. The molecule has 0 atom stereocenters. The van der Waals surface area contributed by atoms with Crippen LogP contribution in [0.15, 0.2) is 101 Å². The number of aryl methyl sites for hydroxylation is 1. The third kappa shape index (κ3) is 4.00. The zero-order chi connectivity index (χ0) is 20.2. The van der Waals surface area contributed by atoms with Crippen molar-refractivity contribution >= 4 is 17.2 Å². The number of hydrogen-bond acceptors (Lipinski definition) is 3. The Morgan fingerprint density at radius 2 is 1.48 bits per heavy atom. The van der Waals surface area contributed by atoms with Crippen molar-refractivity contribution in [1.29, 1.82) is 0 Å². The SMILES string of the molecule is Cc1ccccc1-n1c(=O)cc(-c2ccccc2)s/c1=N\C(=O)c1ccccc1. The van der Waals surface area contributed by atoms with Crippen LogP contribution in [-0.4, -0.2) is 10.5 Å². The molecular formula is C24H18N2O2S. The fourth-order valence-electron chi connectivity index (χ4n) is 3.03. The molecule has 1 heterocycles. The summed E-state index contributed by atoms with van der Waals surface area (Å²) in [6.45, 7) is 1.93. The van der Waals surface area contributed by atoms with Crippen molar-refractivity contribution in [2.75, 3.05) is 0 Å². The second kappa shape index (κ2) is 8.20. The normalized spacial score (nSPS) is 11.4. The van der Waals surface area contributed by atoms with Gasteiger partial charge in [-0.05, 0) is 36.2 Å². The van der Waals surface area contributed by atoms with Crippen LogP contribution in [0.2, 0.25) is 0 Å². The van der Waals surface area contributed by atoms with Gasteiger partial charge in [0, 0.05) is 16.5 Å². The van der Waals surface area contributed by atoms with Crippen molar-refractivity contribution in [2.45, 2.75) is 6.92 Å². The van der Waals surface area contributed by atoms with Gasteiger partial charge in [0.25, 0.3) is 11.5 Å². The Morgan fingerprint density at radius 3 is 2.17 bits per heavy atom. The van der Waals surface area contributed by atoms with Gasteiger partial charge in [-0.2, -0.15) is 4.99 Å². The van der Waals surface area contributed by atoms with Gasteiger partial charge < -0.3 is 0 Å². The Hall–Kier alpha value is -3.57. The molecule has 0 N–H and O–H groups in total. The molecule has 3 aromatic carbocycles. The average molecular weight is 398 g/mol. The third-order valence-electron chi connectivity index (χ3n) is 4.50. The van der Waals surface area contributed by atoms with Crippen molar-refractivity contribution in [3.63, 3.8) is 0 Å². The van der Waals surface area contributed by atoms with Crippen LogP contribution in [0, 0.1) is 6.92 Å². The molecule has 0 aliphatic rings. The number of aromatic nitrogens is 1. The molecule has 0 aliphatic carbocycles. The van der Waals surface area contributed by atoms with E-state index in [0.29, 0.717) is 16.1 Å². The smallest absolute Gasteiger partial charge is 0.269 e. The van der Waals surface area contributed by atoms with Crippen LogP contribution < -0.4 is 10.4 Å². The molecule has 0 unspecified atom stereocenters. The van der Waals surface area contributed by atoms with Crippen LogP contribution in [0.4, 0.5) is 0 Å². The summed E-state index contributed by atoms with van der Waals surface area (Å²) in [4.78, 5) is 31.3. The van der Waals surface area contributed by atoms with Gasteiger partial charge in [-0.25, -0.2) is 0 Å². The van der Waals surface area contributed by atoms with Gasteiger partial charge in [0.15, 0.2) is 0 Å². The summed E-state index contributed by atoms with van der Waals surface area (Å²) < 4.78 is 1.51. The number of benzene rings is 3. The molecule has 142 valence electrons. The van der Waals surface area contributed by atoms with E-state index in [1.54, 1.807) is 30.3 Å². The predicted molar refractivity (Wildman–Crippen MR) is 116 cm³/mol. The first-order valence-electron chi connectivity index (χ1n) is 9.16. The minimum atomic E-state index is -0.381. The maximum atomic E-state index is 13.1. The Labute approximate surface area is 172 Å². The highest BCUT2D eigenvalue weighted by molar-refractivity contribution is 7.12. The minimum absolute atomic E-state index is 0.225. The van der Waals surface area contributed by atoms with Gasteiger partial charge in [0.05, 0.1) is 5.69 Å². The summed E-state index contributed by atoms with van der Waals surface area (Å²) in [5.41, 5.74) is 2.81. The van der Waals surface area contributed by atoms with Gasteiger partial charge in [0.1, 0.15) is 0 Å². The second-order valence-electron chi connectivity index (χ2n) is 6.50. The highest BCUT2D eigenvalue weighted by atomic mass is 32.1. The molecular weight excluding hydrogens is 380 g/mol. The number of nitrogens with zero attached hydrogens (tertiary/aromatic N) is 2. The number of hydrogen-bond donors (Lipinski definition) is 0. The van der Waals surface area contributed by atoms with Crippen LogP contribution >= 0.6 is 11.3 Å². The molecule has 0 radical (unpaired) electrons. The number of amides is 1. The molecule has 4 nitrogen and oxygen atoms in total. The Morgan fingerprint density at radius 1 is 0.862 bits per heavy atom. The van der Waals surface area contributed by atoms with Crippen molar-refractivity contribution < 1.29 is 4.79 Å². The van der Waals surface area contributed by atoms with E-state index in [4.69, 9.17) is 0 Å². The lowest BCUT2D eigenvalue weighted by Crippen LogP contribution is -2.31. The van der Waals surface area contributed by atoms with Gasteiger partial charge in [-0.15, -0.1) is 0 Å². The molecule has 4 aromatic rings. The monoisotopic (exact) mass is 398 g/mol. The van der Waals surface area contributed by atoms with Gasteiger partial charge in [0.2, 0.25) is 4.80 Å². The number of para-hydroxylation sites is 1. The summed E-state index contributed by atoms with van der Waals surface area (Å²) in [5, 5.41) is 0. The summed E-state index contributed by atoms with van der Waals surface area (Å²) in [6, 6.07) is 27.7. The lowest BCUT2D eigenvalue weighted by atomic mass is 10.2. The van der Waals surface area contributed by atoms with Crippen molar-refractivity contribution in [1.82, 2.24) is 4.57 Å². The molecule has 0 saturated carbocycles. The fraction of sp³-hybridized carbons (Fsp3) is 0.0417. The summed E-state index contributed by atoms with van der Waals surface area (Å²) in [5.74, 6) is -0.381. The Balaban J connectivity index is 1.99. The third-order valence-corrected chi connectivity index (χ3v) is 5.53. The molecule has 4 rings (SSSR count). The molecule has 1 aromatic heterocycles. The van der Waals surface area contributed by atoms with E-state index < -0.39 is 0 Å². The standard InChI is InChI=1S/C24H18N2O2S/c1-17-10-8-9-15-20(17)26-22(27)16-21(18-11-4-2-5-12-18)29-24(26)25-23(28)19-13-6-3-7-14-19/h2-16H,1H3/b25-24-. The van der Waals surface area contributed by atoms with Crippen LogP contribution in [-0.2, 0) is 0 Å². The summed E-state index contributed by atoms with van der Waals surface area (Å²) in [6.07, 6.45) is 0. The quantitative estimate of drug-likeness (QED) is 0.506. The largest absolute Gasteiger partial charge is 0.279 e. The lowest BCUT2D eigenvalue weighted by Gasteiger charge is -2.10. The van der Waals surface area contributed by atoms with Gasteiger partial charge >= 0.3 is 0 Å². The first-order chi connectivity index (χ1) is 14.1. The average Bonchev–Trinajstić information content (AvgIpc) is 2.75. The molecule has 29 heavy (non-hydrogen) atoms. The number of carbonyl (C=O) groups excluding carboxylic acids is 1. The minimum Gasteiger partial charge on any atom is -0.269 e. The fourth-order valence-corrected chi connectivity index (χ4v) is 4.05. The van der Waals surface area contributed by atoms with E-state index in [-0.39, 0.29) is 11.5 Å². The maximum absolute atomic E-state index is 13.1. The zero-order valence-corrected chi connectivity index (χ0v) is 16.6. The van der Waals surface area contributed by atoms with E-state index in [1.807, 2.05) is 67.6 Å². The maximum Gasteiger partial charge on any atom is 0.279 e. The van der Waals surface area contributed by atoms with Crippen molar-refractivity contribution in [3.05, 3.63) is 117 Å². The molecule has 0 aliphatic heterocycles. The Kier molecular flexibility index (Phi) is 5.31. The molecule has 0 bridgehead atoms. The van der Waals surface area contributed by atoms with E-state index in [0.717, 1.165) is 16.0 Å². The van der Waals surface area contributed by atoms with Crippen molar-refractivity contribution in [2.24, 2.45) is 4.99 Å². The molecule has 1 amide bonds. The van der Waals surface area contributed by atoms with Crippen LogP contribution in [0.1, 0.15) is 15.9 Å². The first-order valence-corrected chi connectivity index (χ1v) is 9.98. The van der Waals surface area contributed by atoms with E-state index in [1.165, 1.54) is 15.9 Å². The van der Waals surface area contributed by atoms with E-state index in [9.17, 15) is 9.59 Å². The van der Waals surface area contributed by atoms with E-state index >= 15 is 0 Å². The zero-order valence-electron chi connectivity index (χ0n) is 15.8. The lowest BCUT2D eigenvalue weighted by molar-refractivity contribution is 0.0998.